The van der Waals surface area contributed by atoms with Gasteiger partial charge in [0, 0.05) is 30.3 Å². The minimum absolute atomic E-state index is 0.0910. The monoisotopic (exact) mass is 356 g/mol. The van der Waals surface area contributed by atoms with Crippen molar-refractivity contribution < 1.29 is 19.1 Å². The number of hydrogen-bond acceptors (Lipinski definition) is 4. The number of rotatable bonds is 7. The predicted molar refractivity (Wildman–Crippen MR) is 101 cm³/mol. The Morgan fingerprint density at radius 1 is 0.962 bits per heavy atom. The van der Waals surface area contributed by atoms with E-state index in [0.29, 0.717) is 41.4 Å². The Hall–Kier alpha value is -3.02. The van der Waals surface area contributed by atoms with Gasteiger partial charge in [0.1, 0.15) is 11.5 Å². The van der Waals surface area contributed by atoms with Gasteiger partial charge in [-0.1, -0.05) is 6.07 Å². The fourth-order valence-corrected chi connectivity index (χ4v) is 2.58. The summed E-state index contributed by atoms with van der Waals surface area (Å²) in [6.45, 7) is 5.09. The predicted octanol–water partition coefficient (Wildman–Crippen LogP) is 3.44. The minimum Gasteiger partial charge on any atom is -0.497 e. The molecule has 2 aromatic rings. The lowest BCUT2D eigenvalue weighted by Gasteiger charge is -2.19. The third-order valence-corrected chi connectivity index (χ3v) is 4.08. The van der Waals surface area contributed by atoms with Crippen molar-refractivity contribution in [3.63, 3.8) is 0 Å². The highest BCUT2D eigenvalue weighted by Gasteiger charge is 2.16. The number of ether oxygens (including phenoxy) is 2. The van der Waals surface area contributed by atoms with E-state index >= 15 is 0 Å². The van der Waals surface area contributed by atoms with E-state index in [1.165, 1.54) is 7.11 Å². The zero-order valence-corrected chi connectivity index (χ0v) is 15.5. The molecule has 0 atom stereocenters. The second kappa shape index (κ2) is 8.89. The van der Waals surface area contributed by atoms with Crippen LogP contribution in [0.25, 0.3) is 0 Å². The normalized spacial score (nSPS) is 10.2. The highest BCUT2D eigenvalue weighted by atomic mass is 16.5. The Kier molecular flexibility index (Phi) is 6.60. The van der Waals surface area contributed by atoms with Crippen LogP contribution < -0.4 is 14.8 Å². The lowest BCUT2D eigenvalue weighted by molar-refractivity contribution is 0.0773. The van der Waals surface area contributed by atoms with Crippen molar-refractivity contribution in [2.45, 2.75) is 13.8 Å². The molecule has 0 spiro atoms. The summed E-state index contributed by atoms with van der Waals surface area (Å²) in [6, 6.07) is 11.8. The number of methoxy groups -OCH3 is 2. The van der Waals surface area contributed by atoms with Crippen molar-refractivity contribution in [2.75, 3.05) is 32.6 Å². The van der Waals surface area contributed by atoms with E-state index in [-0.39, 0.29) is 11.8 Å². The fraction of sp³-hybridized carbons (Fsp3) is 0.300. The molecule has 2 rings (SSSR count). The van der Waals surface area contributed by atoms with Gasteiger partial charge in [-0.2, -0.15) is 0 Å². The molecule has 0 saturated heterocycles. The van der Waals surface area contributed by atoms with Gasteiger partial charge in [-0.25, -0.2) is 0 Å². The van der Waals surface area contributed by atoms with Gasteiger partial charge in [-0.15, -0.1) is 0 Å². The first-order chi connectivity index (χ1) is 12.5. The van der Waals surface area contributed by atoms with Crippen molar-refractivity contribution in [3.8, 4) is 11.5 Å². The van der Waals surface area contributed by atoms with E-state index in [4.69, 9.17) is 9.47 Å². The van der Waals surface area contributed by atoms with Crippen molar-refractivity contribution in [3.05, 3.63) is 53.6 Å². The molecule has 1 N–H and O–H groups in total. The van der Waals surface area contributed by atoms with E-state index in [1.807, 2.05) is 13.8 Å². The van der Waals surface area contributed by atoms with Gasteiger partial charge in [-0.3, -0.25) is 9.59 Å². The first-order valence-electron chi connectivity index (χ1n) is 8.46. The van der Waals surface area contributed by atoms with Crippen LogP contribution in [0.3, 0.4) is 0 Å². The molecule has 0 radical (unpaired) electrons. The van der Waals surface area contributed by atoms with Crippen LogP contribution in [0.4, 0.5) is 5.69 Å². The number of anilines is 1. The highest BCUT2D eigenvalue weighted by molar-refractivity contribution is 6.06. The van der Waals surface area contributed by atoms with Crippen molar-refractivity contribution in [1.82, 2.24) is 4.90 Å². The topological polar surface area (TPSA) is 67.9 Å². The van der Waals surface area contributed by atoms with Gasteiger partial charge >= 0.3 is 0 Å². The summed E-state index contributed by atoms with van der Waals surface area (Å²) in [7, 11) is 3.08. The van der Waals surface area contributed by atoms with E-state index in [2.05, 4.69) is 5.32 Å². The zero-order chi connectivity index (χ0) is 19.1. The maximum absolute atomic E-state index is 12.6. The molecule has 138 valence electrons. The van der Waals surface area contributed by atoms with E-state index in [0.717, 1.165) is 0 Å². The Labute approximate surface area is 153 Å². The van der Waals surface area contributed by atoms with Crippen molar-refractivity contribution in [1.29, 1.82) is 0 Å². The van der Waals surface area contributed by atoms with Crippen LogP contribution in [0.1, 0.15) is 34.6 Å². The summed E-state index contributed by atoms with van der Waals surface area (Å²) >= 11 is 0. The maximum atomic E-state index is 12.6. The summed E-state index contributed by atoms with van der Waals surface area (Å²) in [6.07, 6.45) is 0. The third kappa shape index (κ3) is 4.33. The Bertz CT molecular complexity index is 785. The fourth-order valence-electron chi connectivity index (χ4n) is 2.58. The first-order valence-corrected chi connectivity index (χ1v) is 8.46. The van der Waals surface area contributed by atoms with Crippen LogP contribution in [0.5, 0.6) is 11.5 Å². The van der Waals surface area contributed by atoms with Gasteiger partial charge < -0.3 is 19.7 Å². The number of amides is 2. The average molecular weight is 356 g/mol. The smallest absolute Gasteiger partial charge is 0.255 e. The number of carbonyl (C=O) groups excluding carboxylic acids is 2. The first kappa shape index (κ1) is 19.3. The van der Waals surface area contributed by atoms with Gasteiger partial charge in [0.05, 0.1) is 19.9 Å². The van der Waals surface area contributed by atoms with E-state index in [1.54, 1.807) is 54.5 Å². The van der Waals surface area contributed by atoms with Crippen LogP contribution >= 0.6 is 0 Å². The van der Waals surface area contributed by atoms with Gasteiger partial charge in [-0.05, 0) is 44.2 Å². The molecule has 6 nitrogen and oxygen atoms in total. The molecular formula is C20H24N2O4. The Balaban J connectivity index is 2.23. The highest BCUT2D eigenvalue weighted by Crippen LogP contribution is 2.29. The molecule has 0 aliphatic heterocycles. The number of hydrogen-bond donors (Lipinski definition) is 1. The largest absolute Gasteiger partial charge is 0.497 e. The third-order valence-electron chi connectivity index (χ3n) is 4.08. The van der Waals surface area contributed by atoms with Gasteiger partial charge in [0.15, 0.2) is 0 Å². The molecule has 6 heteroatoms. The van der Waals surface area contributed by atoms with Crippen LogP contribution in [0.2, 0.25) is 0 Å². The minimum atomic E-state index is -0.317. The van der Waals surface area contributed by atoms with Gasteiger partial charge in [0.2, 0.25) is 0 Å². The Morgan fingerprint density at radius 3 is 2.27 bits per heavy atom. The van der Waals surface area contributed by atoms with Crippen LogP contribution in [0, 0.1) is 0 Å². The molecule has 0 bridgehead atoms. The van der Waals surface area contributed by atoms with Crippen molar-refractivity contribution in [2.24, 2.45) is 0 Å². The second-order valence-electron chi connectivity index (χ2n) is 5.58. The lowest BCUT2D eigenvalue weighted by atomic mass is 10.1. The molecule has 0 aliphatic rings. The SMILES string of the molecule is CCN(CC)C(=O)c1cccc(C(=O)Nc2ccc(OC)cc2OC)c1. The molecular weight excluding hydrogens is 332 g/mol. The molecule has 0 aromatic heterocycles. The van der Waals surface area contributed by atoms with Gasteiger partial charge in [0.25, 0.3) is 11.8 Å². The molecule has 0 fully saturated rings. The second-order valence-corrected chi connectivity index (χ2v) is 5.58. The standard InChI is InChI=1S/C20H24N2O4/c1-5-22(6-2)20(24)15-9-7-8-14(12-15)19(23)21-17-11-10-16(25-3)13-18(17)26-4/h7-13H,5-6H2,1-4H3,(H,21,23). The quantitative estimate of drug-likeness (QED) is 0.825. The summed E-state index contributed by atoms with van der Waals surface area (Å²) < 4.78 is 10.4. The maximum Gasteiger partial charge on any atom is 0.255 e. The molecule has 2 aromatic carbocycles. The van der Waals surface area contributed by atoms with Crippen LogP contribution in [-0.4, -0.2) is 44.0 Å². The number of nitrogens with one attached hydrogen (secondary N) is 1. The lowest BCUT2D eigenvalue weighted by Crippen LogP contribution is -2.30. The number of nitrogens with zero attached hydrogens (tertiary/aromatic N) is 1. The average Bonchev–Trinajstić information content (AvgIpc) is 2.69. The summed E-state index contributed by atoms with van der Waals surface area (Å²) in [5.74, 6) is 0.717. The van der Waals surface area contributed by atoms with Crippen LogP contribution in [0.15, 0.2) is 42.5 Å². The zero-order valence-electron chi connectivity index (χ0n) is 15.5. The van der Waals surface area contributed by atoms with Crippen molar-refractivity contribution >= 4 is 17.5 Å². The van der Waals surface area contributed by atoms with E-state index in [9.17, 15) is 9.59 Å². The molecule has 0 heterocycles. The van der Waals surface area contributed by atoms with Crippen LogP contribution in [-0.2, 0) is 0 Å². The number of benzene rings is 2. The molecule has 26 heavy (non-hydrogen) atoms. The summed E-state index contributed by atoms with van der Waals surface area (Å²) in [5, 5.41) is 2.81. The Morgan fingerprint density at radius 2 is 1.65 bits per heavy atom. The molecule has 0 aliphatic carbocycles. The van der Waals surface area contributed by atoms with E-state index < -0.39 is 0 Å². The number of carbonyl (C=O) groups is 2. The molecule has 2 amide bonds. The molecule has 0 saturated carbocycles. The molecule has 0 unspecified atom stereocenters. The summed E-state index contributed by atoms with van der Waals surface area (Å²) in [4.78, 5) is 26.8. The summed E-state index contributed by atoms with van der Waals surface area (Å²) in [5.41, 5.74) is 1.42.